The molecule has 1 atom stereocenters. The summed E-state index contributed by atoms with van der Waals surface area (Å²) >= 11 is 11.9. The molecule has 0 spiro atoms. The van der Waals surface area contributed by atoms with Crippen molar-refractivity contribution in [3.05, 3.63) is 46.5 Å². The zero-order chi connectivity index (χ0) is 14.8. The van der Waals surface area contributed by atoms with E-state index in [0.29, 0.717) is 5.02 Å². The number of hydrogen-bond acceptors (Lipinski definition) is 5. The third-order valence-electron chi connectivity index (χ3n) is 2.76. The lowest BCUT2D eigenvalue weighted by molar-refractivity contribution is -0.165. The lowest BCUT2D eigenvalue weighted by Gasteiger charge is -2.26. The van der Waals surface area contributed by atoms with Crippen LogP contribution in [0.3, 0.4) is 0 Å². The van der Waals surface area contributed by atoms with Crippen molar-refractivity contribution in [2.24, 2.45) is 0 Å². The Balaban J connectivity index is 2.48. The molecule has 0 aliphatic carbocycles. The SMILES string of the molecule is COC(=O)C(O)(Cn1cncn1)c1ccc(Cl)cc1Cl. The van der Waals surface area contributed by atoms with E-state index in [1.807, 2.05) is 0 Å². The first-order valence-corrected chi connectivity index (χ1v) is 6.31. The van der Waals surface area contributed by atoms with Gasteiger partial charge in [-0.3, -0.25) is 0 Å². The van der Waals surface area contributed by atoms with Crippen molar-refractivity contribution in [2.45, 2.75) is 12.1 Å². The lowest BCUT2D eigenvalue weighted by Crippen LogP contribution is -2.41. The quantitative estimate of drug-likeness (QED) is 0.868. The Morgan fingerprint density at radius 1 is 1.50 bits per heavy atom. The molecule has 0 saturated carbocycles. The molecule has 2 aromatic rings. The van der Waals surface area contributed by atoms with Gasteiger partial charge in [0.05, 0.1) is 13.7 Å². The van der Waals surface area contributed by atoms with Gasteiger partial charge in [-0.1, -0.05) is 29.3 Å². The van der Waals surface area contributed by atoms with Gasteiger partial charge < -0.3 is 9.84 Å². The van der Waals surface area contributed by atoms with Gasteiger partial charge in [0.1, 0.15) is 12.7 Å². The summed E-state index contributed by atoms with van der Waals surface area (Å²) in [6.45, 7) is -0.180. The van der Waals surface area contributed by atoms with E-state index < -0.39 is 11.6 Å². The number of carbonyl (C=O) groups is 1. The maximum absolute atomic E-state index is 12.0. The number of halogens is 2. The first kappa shape index (κ1) is 14.8. The molecule has 0 amide bonds. The van der Waals surface area contributed by atoms with E-state index in [-0.39, 0.29) is 17.1 Å². The maximum atomic E-state index is 12.0. The van der Waals surface area contributed by atoms with E-state index in [9.17, 15) is 9.90 Å². The van der Waals surface area contributed by atoms with Crippen LogP contribution in [0.2, 0.25) is 10.0 Å². The standard InChI is InChI=1S/C12H11Cl2N3O3/c1-20-11(18)12(19,5-17-7-15-6-16-17)9-3-2-8(13)4-10(9)14/h2-4,6-7,19H,5H2,1H3. The summed E-state index contributed by atoms with van der Waals surface area (Å²) in [5, 5.41) is 15.1. The third-order valence-corrected chi connectivity index (χ3v) is 3.30. The minimum Gasteiger partial charge on any atom is -0.467 e. The van der Waals surface area contributed by atoms with Crippen LogP contribution < -0.4 is 0 Å². The Kier molecular flexibility index (Phi) is 4.27. The van der Waals surface area contributed by atoms with Crippen molar-refractivity contribution >= 4 is 29.2 Å². The normalized spacial score (nSPS) is 13.8. The minimum absolute atomic E-state index is 0.158. The summed E-state index contributed by atoms with van der Waals surface area (Å²) in [7, 11) is 1.18. The molecule has 0 saturated heterocycles. The number of carbonyl (C=O) groups excluding carboxylic acids is 1. The van der Waals surface area contributed by atoms with E-state index >= 15 is 0 Å². The number of nitrogens with zero attached hydrogens (tertiary/aromatic N) is 3. The van der Waals surface area contributed by atoms with Crippen molar-refractivity contribution in [1.29, 1.82) is 0 Å². The van der Waals surface area contributed by atoms with Gasteiger partial charge in [0.25, 0.3) is 0 Å². The maximum Gasteiger partial charge on any atom is 0.344 e. The van der Waals surface area contributed by atoms with Crippen LogP contribution in [-0.4, -0.2) is 33.0 Å². The molecule has 0 fully saturated rings. The fraction of sp³-hybridized carbons (Fsp3) is 0.250. The fourth-order valence-corrected chi connectivity index (χ4v) is 2.37. The average molecular weight is 316 g/mol. The highest BCUT2D eigenvalue weighted by Gasteiger charge is 2.41. The number of rotatable bonds is 4. The highest BCUT2D eigenvalue weighted by atomic mass is 35.5. The van der Waals surface area contributed by atoms with Crippen LogP contribution in [0.4, 0.5) is 0 Å². The smallest absolute Gasteiger partial charge is 0.344 e. The third kappa shape index (κ3) is 2.77. The molecule has 0 bridgehead atoms. The van der Waals surface area contributed by atoms with Crippen LogP contribution in [0.15, 0.2) is 30.9 Å². The number of ether oxygens (including phenoxy) is 1. The Morgan fingerprint density at radius 2 is 2.25 bits per heavy atom. The van der Waals surface area contributed by atoms with Gasteiger partial charge in [-0.25, -0.2) is 14.5 Å². The van der Waals surface area contributed by atoms with Crippen LogP contribution in [-0.2, 0) is 21.7 Å². The summed E-state index contributed by atoms with van der Waals surface area (Å²) in [5.41, 5.74) is -1.80. The van der Waals surface area contributed by atoms with Gasteiger partial charge in [-0.2, -0.15) is 5.10 Å². The molecular formula is C12H11Cl2N3O3. The molecule has 1 unspecified atom stereocenters. The van der Waals surface area contributed by atoms with Crippen molar-refractivity contribution < 1.29 is 14.6 Å². The Labute approximate surface area is 124 Å². The van der Waals surface area contributed by atoms with Crippen molar-refractivity contribution in [2.75, 3.05) is 7.11 Å². The molecule has 1 aromatic heterocycles. The molecule has 1 aromatic carbocycles. The highest BCUT2D eigenvalue weighted by molar-refractivity contribution is 6.35. The molecule has 8 heteroatoms. The van der Waals surface area contributed by atoms with Gasteiger partial charge in [0, 0.05) is 15.6 Å². The van der Waals surface area contributed by atoms with Gasteiger partial charge in [0.2, 0.25) is 5.60 Å². The van der Waals surface area contributed by atoms with Gasteiger partial charge in [-0.15, -0.1) is 0 Å². The van der Waals surface area contributed by atoms with Crippen LogP contribution in [0.1, 0.15) is 5.56 Å². The summed E-state index contributed by atoms with van der Waals surface area (Å²) in [4.78, 5) is 15.7. The molecule has 1 N–H and O–H groups in total. The van der Waals surface area contributed by atoms with E-state index in [1.54, 1.807) is 0 Å². The summed E-state index contributed by atoms with van der Waals surface area (Å²) < 4.78 is 5.97. The van der Waals surface area contributed by atoms with E-state index in [0.717, 1.165) is 0 Å². The van der Waals surface area contributed by atoms with Crippen molar-refractivity contribution in [3.63, 3.8) is 0 Å². The Bertz CT molecular complexity index is 618. The van der Waals surface area contributed by atoms with E-state index in [1.165, 1.54) is 42.6 Å². The zero-order valence-electron chi connectivity index (χ0n) is 10.5. The van der Waals surface area contributed by atoms with Crippen LogP contribution >= 0.6 is 23.2 Å². The second-order valence-electron chi connectivity index (χ2n) is 4.07. The number of esters is 1. The van der Waals surface area contributed by atoms with Gasteiger partial charge in [-0.05, 0) is 12.1 Å². The fourth-order valence-electron chi connectivity index (χ4n) is 1.80. The van der Waals surface area contributed by atoms with Crippen LogP contribution in [0.25, 0.3) is 0 Å². The second-order valence-corrected chi connectivity index (χ2v) is 4.91. The number of aliphatic hydroxyl groups is 1. The Hall–Kier alpha value is -1.63. The molecule has 0 aliphatic heterocycles. The first-order chi connectivity index (χ1) is 9.47. The predicted octanol–water partition coefficient (Wildman–Crippen LogP) is 1.65. The van der Waals surface area contributed by atoms with Crippen molar-refractivity contribution in [3.8, 4) is 0 Å². The molecule has 20 heavy (non-hydrogen) atoms. The summed E-state index contributed by atoms with van der Waals surface area (Å²) in [6, 6.07) is 4.43. The lowest BCUT2D eigenvalue weighted by atomic mass is 9.93. The molecule has 6 nitrogen and oxygen atoms in total. The molecule has 0 radical (unpaired) electrons. The molecule has 0 aliphatic rings. The molecule has 1 heterocycles. The van der Waals surface area contributed by atoms with Gasteiger partial charge >= 0.3 is 5.97 Å². The topological polar surface area (TPSA) is 77.2 Å². The number of methoxy groups -OCH3 is 1. The number of hydrogen-bond donors (Lipinski definition) is 1. The van der Waals surface area contributed by atoms with E-state index in [4.69, 9.17) is 23.2 Å². The monoisotopic (exact) mass is 315 g/mol. The van der Waals surface area contributed by atoms with E-state index in [2.05, 4.69) is 14.8 Å². The highest BCUT2D eigenvalue weighted by Crippen LogP contribution is 2.32. The molecular weight excluding hydrogens is 305 g/mol. The number of aromatic nitrogens is 3. The van der Waals surface area contributed by atoms with Gasteiger partial charge in [0.15, 0.2) is 0 Å². The van der Waals surface area contributed by atoms with Crippen molar-refractivity contribution in [1.82, 2.24) is 14.8 Å². The first-order valence-electron chi connectivity index (χ1n) is 5.56. The summed E-state index contributed by atoms with van der Waals surface area (Å²) in [5.74, 6) is -0.850. The number of benzene rings is 1. The van der Waals surface area contributed by atoms with Crippen LogP contribution in [0, 0.1) is 0 Å². The molecule has 2 rings (SSSR count). The second kappa shape index (κ2) is 5.78. The average Bonchev–Trinajstić information content (AvgIpc) is 2.90. The Morgan fingerprint density at radius 3 is 2.80 bits per heavy atom. The van der Waals surface area contributed by atoms with Crippen LogP contribution in [0.5, 0.6) is 0 Å². The summed E-state index contributed by atoms with van der Waals surface area (Å²) in [6.07, 6.45) is 2.67. The minimum atomic E-state index is -1.98. The molecule has 106 valence electrons. The zero-order valence-corrected chi connectivity index (χ0v) is 12.0. The largest absolute Gasteiger partial charge is 0.467 e. The predicted molar refractivity (Wildman–Crippen MR) is 72.4 cm³/mol.